The number of aromatic nitrogens is 4. The highest BCUT2D eigenvalue weighted by Crippen LogP contribution is 2.31. The quantitative estimate of drug-likeness (QED) is 0.410. The molecule has 9 nitrogen and oxygen atoms in total. The van der Waals surface area contributed by atoms with Gasteiger partial charge >= 0.3 is 0 Å². The van der Waals surface area contributed by atoms with Crippen LogP contribution in [0.2, 0.25) is 10.0 Å². The second-order valence-electron chi connectivity index (χ2n) is 9.69. The predicted octanol–water partition coefficient (Wildman–Crippen LogP) is 5.02. The molecule has 3 aromatic rings. The molecule has 5 heterocycles. The molecule has 6 rings (SSSR count). The molecule has 0 unspecified atom stereocenters. The van der Waals surface area contributed by atoms with E-state index < -0.39 is 0 Å². The zero-order valence-electron chi connectivity index (χ0n) is 20.9. The van der Waals surface area contributed by atoms with Gasteiger partial charge in [-0.1, -0.05) is 29.3 Å². The molecule has 1 aromatic carbocycles. The molecular formula is C25H29Cl2N9S2. The first-order chi connectivity index (χ1) is 18.5. The summed E-state index contributed by atoms with van der Waals surface area (Å²) in [5.74, 6) is 2.40. The van der Waals surface area contributed by atoms with Crippen molar-refractivity contribution in [1.82, 2.24) is 24.8 Å². The fraction of sp³-hybridized carbons (Fsp3) is 0.480. The second kappa shape index (κ2) is 11.3. The fourth-order valence-electron chi connectivity index (χ4n) is 5.00. The standard InChI is InChI=1S/C25H29Cl2N9S2/c26-18-6-5-17(15-19(18)27)20-16-38-24(28-20)32-25(37)36-13-11-35(12-14-36)23-30-21(33-7-1-2-8-33)29-22(31-23)34-9-3-4-10-34/h5-6,15-16H,1-4,7-14H2,(H,28,32,37). The molecule has 0 atom stereocenters. The molecular weight excluding hydrogens is 561 g/mol. The van der Waals surface area contributed by atoms with E-state index in [1.165, 1.54) is 37.0 Å². The summed E-state index contributed by atoms with van der Waals surface area (Å²) in [4.78, 5) is 28.4. The van der Waals surface area contributed by atoms with E-state index in [4.69, 9.17) is 50.4 Å². The monoisotopic (exact) mass is 589 g/mol. The summed E-state index contributed by atoms with van der Waals surface area (Å²) in [5.41, 5.74) is 1.75. The van der Waals surface area contributed by atoms with E-state index in [0.29, 0.717) is 15.2 Å². The lowest BCUT2D eigenvalue weighted by Crippen LogP contribution is -2.50. The molecule has 1 N–H and O–H groups in total. The minimum Gasteiger partial charge on any atom is -0.345 e. The molecule has 3 aliphatic rings. The highest BCUT2D eigenvalue weighted by molar-refractivity contribution is 7.80. The van der Waals surface area contributed by atoms with Gasteiger partial charge in [-0.2, -0.15) is 15.0 Å². The number of nitrogens with one attached hydrogen (secondary N) is 1. The van der Waals surface area contributed by atoms with Gasteiger partial charge in [0.2, 0.25) is 17.8 Å². The zero-order chi connectivity index (χ0) is 26.1. The second-order valence-corrected chi connectivity index (χ2v) is 11.8. The van der Waals surface area contributed by atoms with Crippen LogP contribution in [0.4, 0.5) is 23.0 Å². The molecule has 13 heteroatoms. The van der Waals surface area contributed by atoms with E-state index in [9.17, 15) is 0 Å². The van der Waals surface area contributed by atoms with Crippen molar-refractivity contribution in [2.24, 2.45) is 0 Å². The summed E-state index contributed by atoms with van der Waals surface area (Å²) >= 11 is 19.5. The van der Waals surface area contributed by atoms with Crippen LogP contribution in [0.5, 0.6) is 0 Å². The predicted molar refractivity (Wildman–Crippen MR) is 160 cm³/mol. The summed E-state index contributed by atoms with van der Waals surface area (Å²) in [6.07, 6.45) is 4.77. The van der Waals surface area contributed by atoms with Gasteiger partial charge in [-0.25, -0.2) is 4.98 Å². The number of thiazole rings is 1. The van der Waals surface area contributed by atoms with Crippen LogP contribution in [0.15, 0.2) is 23.6 Å². The fourth-order valence-corrected chi connectivity index (χ4v) is 6.36. The van der Waals surface area contributed by atoms with Crippen LogP contribution >= 0.6 is 46.8 Å². The van der Waals surface area contributed by atoms with E-state index in [1.807, 2.05) is 17.5 Å². The maximum absolute atomic E-state index is 6.18. The van der Waals surface area contributed by atoms with Crippen LogP contribution in [-0.4, -0.2) is 82.3 Å². The lowest BCUT2D eigenvalue weighted by molar-refractivity contribution is 0.388. The van der Waals surface area contributed by atoms with E-state index in [2.05, 4.69) is 29.9 Å². The van der Waals surface area contributed by atoms with Crippen molar-refractivity contribution in [3.8, 4) is 11.3 Å². The van der Waals surface area contributed by atoms with Gasteiger partial charge in [0.05, 0.1) is 15.7 Å². The van der Waals surface area contributed by atoms with Crippen LogP contribution < -0.4 is 20.0 Å². The number of nitrogens with zero attached hydrogens (tertiary/aromatic N) is 8. The van der Waals surface area contributed by atoms with Gasteiger partial charge in [0, 0.05) is 63.3 Å². The molecule has 3 aliphatic heterocycles. The molecule has 0 saturated carbocycles. The Balaban J connectivity index is 1.10. The molecule has 38 heavy (non-hydrogen) atoms. The van der Waals surface area contributed by atoms with Gasteiger partial charge < -0.3 is 24.9 Å². The molecule has 0 radical (unpaired) electrons. The molecule has 0 bridgehead atoms. The topological polar surface area (TPSA) is 76.6 Å². The number of halogens is 2. The van der Waals surface area contributed by atoms with Gasteiger partial charge in [-0.15, -0.1) is 11.3 Å². The minimum atomic E-state index is 0.512. The number of thiocarbonyl (C=S) groups is 1. The van der Waals surface area contributed by atoms with Crippen molar-refractivity contribution in [1.29, 1.82) is 0 Å². The molecule has 200 valence electrons. The van der Waals surface area contributed by atoms with Crippen LogP contribution in [0.3, 0.4) is 0 Å². The Hall–Kier alpha value is -2.47. The maximum Gasteiger partial charge on any atom is 0.232 e. The Morgan fingerprint density at radius 3 is 1.84 bits per heavy atom. The number of hydrogen-bond donors (Lipinski definition) is 1. The van der Waals surface area contributed by atoms with Crippen molar-refractivity contribution < 1.29 is 0 Å². The third kappa shape index (κ3) is 5.61. The molecule has 0 spiro atoms. The summed E-state index contributed by atoms with van der Waals surface area (Å²) in [6, 6.07) is 5.52. The van der Waals surface area contributed by atoms with Crippen molar-refractivity contribution in [2.75, 3.05) is 72.4 Å². The van der Waals surface area contributed by atoms with Gasteiger partial charge in [0.1, 0.15) is 0 Å². The lowest BCUT2D eigenvalue weighted by Gasteiger charge is -2.36. The SMILES string of the molecule is S=C(Nc1nc(-c2ccc(Cl)c(Cl)c2)cs1)N1CCN(c2nc(N3CCCC3)nc(N3CCCC3)n2)CC1. The zero-order valence-corrected chi connectivity index (χ0v) is 24.1. The van der Waals surface area contributed by atoms with Gasteiger partial charge in [0.25, 0.3) is 0 Å². The summed E-state index contributed by atoms with van der Waals surface area (Å²) in [6.45, 7) is 7.19. The first-order valence-electron chi connectivity index (χ1n) is 13.0. The van der Waals surface area contributed by atoms with Crippen molar-refractivity contribution in [2.45, 2.75) is 25.7 Å². The largest absolute Gasteiger partial charge is 0.345 e. The van der Waals surface area contributed by atoms with Crippen molar-refractivity contribution in [3.05, 3.63) is 33.6 Å². The normalized spacial score (nSPS) is 17.9. The van der Waals surface area contributed by atoms with Crippen LogP contribution in [0.1, 0.15) is 25.7 Å². The van der Waals surface area contributed by atoms with E-state index in [-0.39, 0.29) is 0 Å². The number of hydrogen-bond acceptors (Lipinski definition) is 9. The van der Waals surface area contributed by atoms with Gasteiger partial charge in [-0.3, -0.25) is 0 Å². The van der Waals surface area contributed by atoms with Gasteiger partial charge in [-0.05, 0) is 50.0 Å². The number of benzene rings is 1. The van der Waals surface area contributed by atoms with E-state index in [0.717, 1.165) is 86.6 Å². The Morgan fingerprint density at radius 2 is 1.29 bits per heavy atom. The van der Waals surface area contributed by atoms with Crippen LogP contribution in [-0.2, 0) is 0 Å². The average Bonchev–Trinajstić information content (AvgIpc) is 3.73. The number of anilines is 4. The lowest BCUT2D eigenvalue weighted by atomic mass is 10.2. The third-order valence-electron chi connectivity index (χ3n) is 7.16. The number of rotatable bonds is 5. The third-order valence-corrected chi connectivity index (χ3v) is 9.02. The summed E-state index contributed by atoms with van der Waals surface area (Å²) in [5, 5.41) is 7.76. The highest BCUT2D eigenvalue weighted by atomic mass is 35.5. The Morgan fingerprint density at radius 1 is 0.737 bits per heavy atom. The molecule has 3 saturated heterocycles. The summed E-state index contributed by atoms with van der Waals surface area (Å²) < 4.78 is 0. The maximum atomic E-state index is 6.18. The van der Waals surface area contributed by atoms with E-state index in [1.54, 1.807) is 6.07 Å². The van der Waals surface area contributed by atoms with Crippen LogP contribution in [0, 0.1) is 0 Å². The first-order valence-corrected chi connectivity index (χ1v) is 15.1. The first kappa shape index (κ1) is 25.8. The molecule has 0 aliphatic carbocycles. The van der Waals surface area contributed by atoms with Crippen molar-refractivity contribution >= 4 is 74.8 Å². The number of piperazine rings is 1. The van der Waals surface area contributed by atoms with E-state index >= 15 is 0 Å². The molecule has 2 aromatic heterocycles. The van der Waals surface area contributed by atoms with Gasteiger partial charge in [0.15, 0.2) is 10.2 Å². The molecule has 0 amide bonds. The van der Waals surface area contributed by atoms with Crippen LogP contribution in [0.25, 0.3) is 11.3 Å². The average molecular weight is 591 g/mol. The highest BCUT2D eigenvalue weighted by Gasteiger charge is 2.26. The summed E-state index contributed by atoms with van der Waals surface area (Å²) in [7, 11) is 0. The van der Waals surface area contributed by atoms with Crippen molar-refractivity contribution in [3.63, 3.8) is 0 Å². The Labute approximate surface area is 241 Å². The Kier molecular flexibility index (Phi) is 7.69. The smallest absolute Gasteiger partial charge is 0.232 e. The molecule has 3 fully saturated rings. The minimum absolute atomic E-state index is 0.512. The Bertz CT molecular complexity index is 1270.